The van der Waals surface area contributed by atoms with Crippen LogP contribution in [0.25, 0.3) is 0 Å². The molecule has 0 radical (unpaired) electrons. The predicted molar refractivity (Wildman–Crippen MR) is 64.7 cm³/mol. The van der Waals surface area contributed by atoms with Gasteiger partial charge < -0.3 is 0 Å². The van der Waals surface area contributed by atoms with Crippen LogP contribution in [0.5, 0.6) is 0 Å². The molecule has 1 aliphatic carbocycles. The maximum Gasteiger partial charge on any atom is 0.156 e. The van der Waals surface area contributed by atoms with E-state index < -0.39 is 0 Å². The van der Waals surface area contributed by atoms with Gasteiger partial charge in [-0.25, -0.2) is 0 Å². The van der Waals surface area contributed by atoms with E-state index in [0.717, 1.165) is 18.4 Å². The summed E-state index contributed by atoms with van der Waals surface area (Å²) in [6.45, 7) is 10.7. The van der Waals surface area contributed by atoms with Gasteiger partial charge >= 0.3 is 0 Å². The van der Waals surface area contributed by atoms with Crippen LogP contribution >= 0.6 is 0 Å². The van der Waals surface area contributed by atoms with Crippen LogP contribution in [0.4, 0.5) is 0 Å². The maximum absolute atomic E-state index is 11.6. The molecule has 1 nitrogen and oxygen atoms in total. The van der Waals surface area contributed by atoms with E-state index in [4.69, 9.17) is 0 Å². The summed E-state index contributed by atoms with van der Waals surface area (Å²) >= 11 is 0. The first kappa shape index (κ1) is 12.5. The minimum absolute atomic E-state index is 0.126. The van der Waals surface area contributed by atoms with E-state index in [1.165, 1.54) is 6.42 Å². The van der Waals surface area contributed by atoms with Crippen LogP contribution in [0.3, 0.4) is 0 Å². The molecule has 86 valence electrons. The van der Waals surface area contributed by atoms with Gasteiger partial charge in [-0.15, -0.1) is 0 Å². The molecule has 0 bridgehead atoms. The fourth-order valence-corrected chi connectivity index (χ4v) is 3.08. The molecule has 1 heteroatoms. The van der Waals surface area contributed by atoms with E-state index in [2.05, 4.69) is 33.8 Å². The van der Waals surface area contributed by atoms with Crippen molar-refractivity contribution in [1.29, 1.82) is 0 Å². The summed E-state index contributed by atoms with van der Waals surface area (Å²) in [5.74, 6) is 1.64. The number of rotatable bonds is 4. The van der Waals surface area contributed by atoms with Gasteiger partial charge in [-0.05, 0) is 42.6 Å². The van der Waals surface area contributed by atoms with E-state index in [9.17, 15) is 4.79 Å². The molecule has 0 aromatic carbocycles. The molecule has 0 aromatic rings. The molecule has 0 fully saturated rings. The van der Waals surface area contributed by atoms with Gasteiger partial charge in [0.25, 0.3) is 0 Å². The Labute approximate surface area is 93.9 Å². The molecule has 0 N–H and O–H groups in total. The summed E-state index contributed by atoms with van der Waals surface area (Å²) in [7, 11) is 0. The second-order valence-electron chi connectivity index (χ2n) is 5.17. The second kappa shape index (κ2) is 4.51. The zero-order valence-corrected chi connectivity index (χ0v) is 10.8. The van der Waals surface area contributed by atoms with E-state index >= 15 is 0 Å². The lowest BCUT2D eigenvalue weighted by molar-refractivity contribution is -0.114. The molecule has 15 heavy (non-hydrogen) atoms. The SMILES string of the molecule is CCC(C)C1CC=C(C(C)=O)C1(C)CC. The summed E-state index contributed by atoms with van der Waals surface area (Å²) < 4.78 is 0. The van der Waals surface area contributed by atoms with Crippen LogP contribution in [0.2, 0.25) is 0 Å². The smallest absolute Gasteiger partial charge is 0.156 e. The van der Waals surface area contributed by atoms with Crippen LogP contribution in [0.15, 0.2) is 11.6 Å². The predicted octanol–water partition coefficient (Wildman–Crippen LogP) is 3.98. The third kappa shape index (κ3) is 2.02. The Morgan fingerprint density at radius 1 is 1.60 bits per heavy atom. The highest BCUT2D eigenvalue weighted by atomic mass is 16.1. The average molecular weight is 208 g/mol. The zero-order valence-electron chi connectivity index (χ0n) is 10.8. The van der Waals surface area contributed by atoms with Crippen LogP contribution in [-0.2, 0) is 4.79 Å². The normalized spacial score (nSPS) is 32.6. The van der Waals surface area contributed by atoms with Crippen molar-refractivity contribution in [2.45, 2.75) is 53.9 Å². The lowest BCUT2D eigenvalue weighted by Gasteiger charge is -2.36. The molecule has 1 aliphatic rings. The van der Waals surface area contributed by atoms with Gasteiger partial charge in [0.05, 0.1) is 0 Å². The Kier molecular flexibility index (Phi) is 3.75. The third-order valence-electron chi connectivity index (χ3n) is 4.45. The van der Waals surface area contributed by atoms with Gasteiger partial charge in [0.2, 0.25) is 0 Å². The van der Waals surface area contributed by atoms with Crippen molar-refractivity contribution in [2.24, 2.45) is 17.3 Å². The number of hydrogen-bond donors (Lipinski definition) is 0. The van der Waals surface area contributed by atoms with Gasteiger partial charge in [-0.3, -0.25) is 4.79 Å². The molecule has 0 heterocycles. The van der Waals surface area contributed by atoms with Crippen LogP contribution in [0, 0.1) is 17.3 Å². The van der Waals surface area contributed by atoms with Crippen molar-refractivity contribution in [3.8, 4) is 0 Å². The molecule has 0 saturated heterocycles. The largest absolute Gasteiger partial charge is 0.295 e. The van der Waals surface area contributed by atoms with Crippen LogP contribution in [0.1, 0.15) is 53.9 Å². The molecule has 0 spiro atoms. The topological polar surface area (TPSA) is 17.1 Å². The zero-order chi connectivity index (χ0) is 11.6. The molecular formula is C14H24O. The number of carbonyl (C=O) groups excluding carboxylic acids is 1. The monoisotopic (exact) mass is 208 g/mol. The maximum atomic E-state index is 11.6. The van der Waals surface area contributed by atoms with Gasteiger partial charge in [0, 0.05) is 0 Å². The molecule has 1 rings (SSSR count). The van der Waals surface area contributed by atoms with E-state index in [1.807, 2.05) is 0 Å². The highest BCUT2D eigenvalue weighted by Gasteiger charge is 2.43. The van der Waals surface area contributed by atoms with Gasteiger partial charge in [0.15, 0.2) is 5.78 Å². The van der Waals surface area contributed by atoms with Crippen LogP contribution < -0.4 is 0 Å². The molecule has 0 amide bonds. The summed E-state index contributed by atoms with van der Waals surface area (Å²) in [5, 5.41) is 0. The highest BCUT2D eigenvalue weighted by molar-refractivity contribution is 5.95. The van der Waals surface area contributed by atoms with Crippen molar-refractivity contribution in [2.75, 3.05) is 0 Å². The molecule has 0 aromatic heterocycles. The quantitative estimate of drug-likeness (QED) is 0.683. The number of hydrogen-bond acceptors (Lipinski definition) is 1. The molecule has 3 atom stereocenters. The minimum Gasteiger partial charge on any atom is -0.295 e. The van der Waals surface area contributed by atoms with Gasteiger partial charge in [0.1, 0.15) is 0 Å². The van der Waals surface area contributed by atoms with E-state index in [0.29, 0.717) is 11.8 Å². The first-order valence-corrected chi connectivity index (χ1v) is 6.18. The summed E-state index contributed by atoms with van der Waals surface area (Å²) in [4.78, 5) is 11.6. The number of Topliss-reactive ketones (excluding diaryl/α,β-unsaturated/α-hetero) is 1. The van der Waals surface area contributed by atoms with Crippen molar-refractivity contribution in [3.05, 3.63) is 11.6 Å². The Balaban J connectivity index is 2.96. The lowest BCUT2D eigenvalue weighted by Crippen LogP contribution is -2.31. The molecule has 3 unspecified atom stereocenters. The number of ketones is 1. The Hall–Kier alpha value is -0.590. The number of allylic oxidation sites excluding steroid dienone is 2. The highest BCUT2D eigenvalue weighted by Crippen LogP contribution is 2.50. The fourth-order valence-electron chi connectivity index (χ4n) is 3.08. The van der Waals surface area contributed by atoms with Crippen molar-refractivity contribution < 1.29 is 4.79 Å². The Morgan fingerprint density at radius 2 is 2.20 bits per heavy atom. The Morgan fingerprint density at radius 3 is 2.60 bits per heavy atom. The van der Waals surface area contributed by atoms with Crippen molar-refractivity contribution in [3.63, 3.8) is 0 Å². The van der Waals surface area contributed by atoms with E-state index in [-0.39, 0.29) is 11.2 Å². The first-order valence-electron chi connectivity index (χ1n) is 6.18. The second-order valence-corrected chi connectivity index (χ2v) is 5.17. The molecular weight excluding hydrogens is 184 g/mol. The Bertz CT molecular complexity index is 277. The summed E-state index contributed by atoms with van der Waals surface area (Å²) in [6, 6.07) is 0. The molecule has 0 saturated carbocycles. The first-order chi connectivity index (χ1) is 6.97. The minimum atomic E-state index is 0.126. The standard InChI is InChI=1S/C14H24O/c1-6-10(3)12-8-9-13(11(4)15)14(12,5)7-2/h9-10,12H,6-8H2,1-5H3. The average Bonchev–Trinajstić information content (AvgIpc) is 2.55. The van der Waals surface area contributed by atoms with Gasteiger partial charge in [-0.2, -0.15) is 0 Å². The number of carbonyl (C=O) groups is 1. The van der Waals surface area contributed by atoms with Gasteiger partial charge in [-0.1, -0.05) is 40.2 Å². The van der Waals surface area contributed by atoms with E-state index in [1.54, 1.807) is 6.92 Å². The third-order valence-corrected chi connectivity index (χ3v) is 4.45. The van der Waals surface area contributed by atoms with Crippen molar-refractivity contribution >= 4 is 5.78 Å². The van der Waals surface area contributed by atoms with Crippen molar-refractivity contribution in [1.82, 2.24) is 0 Å². The lowest BCUT2D eigenvalue weighted by atomic mass is 9.67. The summed E-state index contributed by atoms with van der Waals surface area (Å²) in [5.41, 5.74) is 1.21. The molecule has 0 aliphatic heterocycles. The van der Waals surface area contributed by atoms with Crippen LogP contribution in [-0.4, -0.2) is 5.78 Å². The summed E-state index contributed by atoms with van der Waals surface area (Å²) in [6.07, 6.45) is 5.56. The fraction of sp³-hybridized carbons (Fsp3) is 0.786.